The van der Waals surface area contributed by atoms with Gasteiger partial charge in [-0.15, -0.1) is 0 Å². The number of nitrogens with two attached hydrogens (primary N) is 1. The van der Waals surface area contributed by atoms with Crippen molar-refractivity contribution in [3.05, 3.63) is 35.9 Å². The quantitative estimate of drug-likeness (QED) is 0.899. The smallest absolute Gasteiger partial charge is 0.0141 e. The van der Waals surface area contributed by atoms with Crippen molar-refractivity contribution in [2.24, 2.45) is 11.7 Å². The van der Waals surface area contributed by atoms with E-state index in [9.17, 15) is 0 Å². The molecule has 2 aliphatic carbocycles. The summed E-state index contributed by atoms with van der Waals surface area (Å²) < 4.78 is 0. The van der Waals surface area contributed by atoms with Gasteiger partial charge in [-0.2, -0.15) is 0 Å². The average molecular weight is 258 g/mol. The molecule has 2 aliphatic rings. The van der Waals surface area contributed by atoms with Crippen molar-refractivity contribution in [2.75, 3.05) is 13.6 Å². The summed E-state index contributed by atoms with van der Waals surface area (Å²) >= 11 is 0. The molecule has 0 aromatic heterocycles. The summed E-state index contributed by atoms with van der Waals surface area (Å²) in [6, 6.07) is 12.6. The van der Waals surface area contributed by atoms with Crippen LogP contribution < -0.4 is 5.73 Å². The molecular formula is C17H26N2. The van der Waals surface area contributed by atoms with Gasteiger partial charge in [-0.05, 0) is 63.1 Å². The van der Waals surface area contributed by atoms with E-state index in [0.717, 1.165) is 18.5 Å². The lowest BCUT2D eigenvalue weighted by Gasteiger charge is -2.41. The summed E-state index contributed by atoms with van der Waals surface area (Å²) in [6.45, 7) is 0.850. The second kappa shape index (κ2) is 5.64. The second-order valence-corrected chi connectivity index (χ2v) is 6.38. The van der Waals surface area contributed by atoms with Gasteiger partial charge in [-0.3, -0.25) is 0 Å². The first kappa shape index (κ1) is 13.1. The highest BCUT2D eigenvalue weighted by Crippen LogP contribution is 2.40. The predicted molar refractivity (Wildman–Crippen MR) is 80.2 cm³/mol. The minimum atomic E-state index is 0.691. The minimum Gasteiger partial charge on any atom is -0.330 e. The van der Waals surface area contributed by atoms with Crippen LogP contribution in [0.15, 0.2) is 30.3 Å². The summed E-state index contributed by atoms with van der Waals surface area (Å²) in [4.78, 5) is 2.63. The molecule has 19 heavy (non-hydrogen) atoms. The molecular weight excluding hydrogens is 232 g/mol. The molecule has 3 rings (SSSR count). The highest BCUT2D eigenvalue weighted by molar-refractivity contribution is 5.20. The molecule has 2 nitrogen and oxygen atoms in total. The van der Waals surface area contributed by atoms with Crippen molar-refractivity contribution in [1.29, 1.82) is 0 Å². The van der Waals surface area contributed by atoms with Gasteiger partial charge < -0.3 is 10.6 Å². The molecule has 0 bridgehead atoms. The molecule has 0 heterocycles. The number of nitrogens with zero attached hydrogens (tertiary/aromatic N) is 1. The molecule has 0 radical (unpaired) electrons. The van der Waals surface area contributed by atoms with Crippen LogP contribution in [0.5, 0.6) is 0 Å². The monoisotopic (exact) mass is 258 g/mol. The number of hydrogen-bond acceptors (Lipinski definition) is 2. The summed E-state index contributed by atoms with van der Waals surface area (Å²) in [5.41, 5.74) is 7.53. The van der Waals surface area contributed by atoms with Gasteiger partial charge in [0, 0.05) is 12.1 Å². The van der Waals surface area contributed by atoms with Gasteiger partial charge in [0.15, 0.2) is 0 Å². The molecule has 3 atom stereocenters. The molecule has 1 aromatic rings. The van der Waals surface area contributed by atoms with Crippen molar-refractivity contribution in [3.63, 3.8) is 0 Å². The highest BCUT2D eigenvalue weighted by atomic mass is 15.2. The van der Waals surface area contributed by atoms with Gasteiger partial charge in [0.2, 0.25) is 0 Å². The maximum atomic E-state index is 6.01. The Morgan fingerprint density at radius 1 is 1.11 bits per heavy atom. The van der Waals surface area contributed by atoms with E-state index in [2.05, 4.69) is 42.3 Å². The van der Waals surface area contributed by atoms with Crippen LogP contribution in [-0.2, 0) is 0 Å². The van der Waals surface area contributed by atoms with Crippen LogP contribution >= 0.6 is 0 Å². The van der Waals surface area contributed by atoms with E-state index < -0.39 is 0 Å². The van der Waals surface area contributed by atoms with E-state index in [4.69, 9.17) is 5.73 Å². The number of hydrogen-bond donors (Lipinski definition) is 1. The fourth-order valence-electron chi connectivity index (χ4n) is 3.76. The molecule has 0 aliphatic heterocycles. The predicted octanol–water partition coefficient (Wildman–Crippen LogP) is 2.99. The maximum absolute atomic E-state index is 6.01. The van der Waals surface area contributed by atoms with Gasteiger partial charge in [0.1, 0.15) is 0 Å². The topological polar surface area (TPSA) is 29.3 Å². The van der Waals surface area contributed by atoms with Crippen LogP contribution in [-0.4, -0.2) is 30.6 Å². The number of benzene rings is 1. The van der Waals surface area contributed by atoms with Gasteiger partial charge in [-0.1, -0.05) is 30.3 Å². The first-order chi connectivity index (χ1) is 9.29. The van der Waals surface area contributed by atoms with Crippen LogP contribution in [0.25, 0.3) is 0 Å². The third-order valence-corrected chi connectivity index (χ3v) is 5.18. The lowest BCUT2D eigenvalue weighted by atomic mass is 9.75. The van der Waals surface area contributed by atoms with E-state index in [1.807, 2.05) is 0 Å². The van der Waals surface area contributed by atoms with Crippen LogP contribution in [0, 0.1) is 5.92 Å². The zero-order valence-corrected chi connectivity index (χ0v) is 12.0. The molecule has 2 N–H and O–H groups in total. The summed E-state index contributed by atoms with van der Waals surface area (Å²) in [6.07, 6.45) is 6.66. The zero-order valence-electron chi connectivity index (χ0n) is 12.0. The highest BCUT2D eigenvalue weighted by Gasteiger charge is 2.38. The van der Waals surface area contributed by atoms with Crippen LogP contribution in [0.3, 0.4) is 0 Å². The molecule has 2 heteroatoms. The lowest BCUT2D eigenvalue weighted by molar-refractivity contribution is 0.116. The first-order valence-corrected chi connectivity index (χ1v) is 7.76. The Morgan fingerprint density at radius 3 is 2.47 bits per heavy atom. The van der Waals surface area contributed by atoms with Crippen molar-refractivity contribution in [2.45, 2.75) is 50.1 Å². The Kier molecular flexibility index (Phi) is 3.90. The summed E-state index contributed by atoms with van der Waals surface area (Å²) in [5, 5.41) is 0. The minimum absolute atomic E-state index is 0.691. The Bertz CT molecular complexity index is 397. The third-order valence-electron chi connectivity index (χ3n) is 5.18. The van der Waals surface area contributed by atoms with E-state index in [-0.39, 0.29) is 0 Å². The third kappa shape index (κ3) is 2.85. The Balaban J connectivity index is 1.73. The van der Waals surface area contributed by atoms with Crippen LogP contribution in [0.2, 0.25) is 0 Å². The summed E-state index contributed by atoms with van der Waals surface area (Å²) in [7, 11) is 2.32. The van der Waals surface area contributed by atoms with Crippen LogP contribution in [0.4, 0.5) is 0 Å². The fraction of sp³-hybridized carbons (Fsp3) is 0.647. The SMILES string of the molecule is CN(C1CC1)C1CC(c2ccccc2)CCC1CN. The van der Waals surface area contributed by atoms with E-state index in [0.29, 0.717) is 12.0 Å². The Labute approximate surface area is 117 Å². The van der Waals surface area contributed by atoms with Crippen molar-refractivity contribution in [3.8, 4) is 0 Å². The van der Waals surface area contributed by atoms with Crippen molar-refractivity contribution >= 4 is 0 Å². The fourth-order valence-corrected chi connectivity index (χ4v) is 3.76. The Hall–Kier alpha value is -0.860. The standard InChI is InChI=1S/C17H26N2/c1-19(16-9-10-16)17-11-14(7-8-15(17)12-18)13-5-3-2-4-6-13/h2-6,14-17H,7-12,18H2,1H3. The maximum Gasteiger partial charge on any atom is 0.0141 e. The van der Waals surface area contributed by atoms with E-state index >= 15 is 0 Å². The van der Waals surface area contributed by atoms with E-state index in [1.54, 1.807) is 0 Å². The summed E-state index contributed by atoms with van der Waals surface area (Å²) in [5.74, 6) is 1.43. The molecule has 0 saturated heterocycles. The Morgan fingerprint density at radius 2 is 1.84 bits per heavy atom. The van der Waals surface area contributed by atoms with Gasteiger partial charge in [0.25, 0.3) is 0 Å². The van der Waals surface area contributed by atoms with Crippen LogP contribution in [0.1, 0.15) is 43.6 Å². The normalized spacial score (nSPS) is 31.6. The van der Waals surface area contributed by atoms with Crippen molar-refractivity contribution in [1.82, 2.24) is 4.90 Å². The van der Waals surface area contributed by atoms with Gasteiger partial charge >= 0.3 is 0 Å². The molecule has 104 valence electrons. The molecule has 2 saturated carbocycles. The van der Waals surface area contributed by atoms with Gasteiger partial charge in [0.05, 0.1) is 0 Å². The number of rotatable bonds is 4. The zero-order chi connectivity index (χ0) is 13.2. The first-order valence-electron chi connectivity index (χ1n) is 7.76. The molecule has 0 spiro atoms. The molecule has 0 amide bonds. The van der Waals surface area contributed by atoms with E-state index in [1.165, 1.54) is 37.7 Å². The van der Waals surface area contributed by atoms with Gasteiger partial charge in [-0.25, -0.2) is 0 Å². The molecule has 3 unspecified atom stereocenters. The second-order valence-electron chi connectivity index (χ2n) is 6.38. The van der Waals surface area contributed by atoms with Crippen molar-refractivity contribution < 1.29 is 0 Å². The molecule has 1 aromatic carbocycles. The molecule has 2 fully saturated rings. The average Bonchev–Trinajstić information content (AvgIpc) is 3.31. The largest absolute Gasteiger partial charge is 0.330 e. The lowest BCUT2D eigenvalue weighted by Crippen LogP contribution is -2.45.